The molecule has 1 amide bonds. The molecule has 0 N–H and O–H groups in total. The van der Waals surface area contributed by atoms with Gasteiger partial charge in [-0.2, -0.15) is 4.68 Å². The Bertz CT molecular complexity index is 987. The van der Waals surface area contributed by atoms with E-state index in [0.717, 1.165) is 29.2 Å². The van der Waals surface area contributed by atoms with E-state index in [2.05, 4.69) is 20.3 Å². The minimum Gasteiger partial charge on any atom is -0.311 e. The van der Waals surface area contributed by atoms with Gasteiger partial charge in [-0.15, -0.1) is 5.10 Å². The molecule has 26 heavy (non-hydrogen) atoms. The van der Waals surface area contributed by atoms with Crippen molar-refractivity contribution in [1.82, 2.24) is 25.0 Å². The number of carbonyl (C=O) groups is 1. The zero-order chi connectivity index (χ0) is 18.5. The maximum absolute atomic E-state index is 12.3. The largest absolute Gasteiger partial charge is 0.311 e. The van der Waals surface area contributed by atoms with Crippen LogP contribution in [0.5, 0.6) is 0 Å². The number of β-lactam (4-membered cyclic amide) rings is 1. The third-order valence-electron chi connectivity index (χ3n) is 4.50. The fourth-order valence-corrected chi connectivity index (χ4v) is 3.15. The molecule has 0 radical (unpaired) electrons. The topological polar surface area (TPSA) is 76.8 Å². The molecule has 7 heteroatoms. The summed E-state index contributed by atoms with van der Waals surface area (Å²) in [5.41, 5.74) is 3.97. The van der Waals surface area contributed by atoms with Crippen molar-refractivity contribution in [2.75, 3.05) is 11.4 Å². The first-order valence-corrected chi connectivity index (χ1v) is 8.51. The molecule has 7 nitrogen and oxygen atoms in total. The minimum absolute atomic E-state index is 0.141. The monoisotopic (exact) mass is 348 g/mol. The van der Waals surface area contributed by atoms with Crippen molar-refractivity contribution >= 4 is 11.6 Å². The van der Waals surface area contributed by atoms with Gasteiger partial charge in [0.15, 0.2) is 0 Å². The van der Waals surface area contributed by atoms with Gasteiger partial charge in [0.2, 0.25) is 5.91 Å². The average Bonchev–Trinajstić information content (AvgIpc) is 3.09. The maximum atomic E-state index is 12.3. The van der Waals surface area contributed by atoms with Crippen LogP contribution in [-0.4, -0.2) is 37.4 Å². The summed E-state index contributed by atoms with van der Waals surface area (Å²) in [6.45, 7) is 8.49. The van der Waals surface area contributed by atoms with Gasteiger partial charge in [-0.05, 0) is 45.9 Å². The number of benzene rings is 1. The highest BCUT2D eigenvalue weighted by Crippen LogP contribution is 2.36. The summed E-state index contributed by atoms with van der Waals surface area (Å²) in [6.07, 6.45) is 1.80. The predicted molar refractivity (Wildman–Crippen MR) is 98.0 cm³/mol. The summed E-state index contributed by atoms with van der Waals surface area (Å²) in [5, 5.41) is 8.40. The average molecular weight is 348 g/mol. The highest BCUT2D eigenvalue weighted by Gasteiger charge is 2.44. The molecule has 0 bridgehead atoms. The molecule has 3 heterocycles. The quantitative estimate of drug-likeness (QED) is 0.680. The van der Waals surface area contributed by atoms with Gasteiger partial charge in [-0.3, -0.25) is 4.79 Å². The molecular formula is C19H20N6O. The van der Waals surface area contributed by atoms with E-state index >= 15 is 0 Å². The van der Waals surface area contributed by atoms with Gasteiger partial charge in [0.1, 0.15) is 5.69 Å². The number of aryl methyl sites for hydroxylation is 2. The molecule has 1 aromatic carbocycles. The standard InChI is InChI=1S/C19H20N6O/c1-12-8-13(2)21-18(20-12)25-10-16(22-23-25)14-6-5-7-15(9-14)24-11-19(3,4)17(24)26/h5-10H,11H2,1-4H3. The van der Waals surface area contributed by atoms with Crippen molar-refractivity contribution in [3.63, 3.8) is 0 Å². The molecule has 4 rings (SSSR count). The molecule has 0 unspecified atom stereocenters. The molecule has 1 saturated heterocycles. The van der Waals surface area contributed by atoms with Gasteiger partial charge in [0.25, 0.3) is 5.95 Å². The molecule has 1 aliphatic heterocycles. The SMILES string of the molecule is Cc1cc(C)nc(-n2cc(-c3cccc(N4CC(C)(C)C4=O)c3)nn2)n1. The van der Waals surface area contributed by atoms with E-state index in [1.165, 1.54) is 0 Å². The van der Waals surface area contributed by atoms with Crippen LogP contribution in [-0.2, 0) is 4.79 Å². The number of anilines is 1. The molecular weight excluding hydrogens is 328 g/mol. The summed E-state index contributed by atoms with van der Waals surface area (Å²) in [7, 11) is 0. The summed E-state index contributed by atoms with van der Waals surface area (Å²) >= 11 is 0. The second-order valence-electron chi connectivity index (χ2n) is 7.32. The van der Waals surface area contributed by atoms with Gasteiger partial charge >= 0.3 is 0 Å². The number of amides is 1. The van der Waals surface area contributed by atoms with Crippen LogP contribution in [0, 0.1) is 19.3 Å². The lowest BCUT2D eigenvalue weighted by atomic mass is 9.82. The van der Waals surface area contributed by atoms with Crippen LogP contribution in [0.1, 0.15) is 25.2 Å². The van der Waals surface area contributed by atoms with Crippen molar-refractivity contribution < 1.29 is 4.79 Å². The van der Waals surface area contributed by atoms with Gasteiger partial charge in [-0.25, -0.2) is 9.97 Å². The summed E-state index contributed by atoms with van der Waals surface area (Å²) in [5.74, 6) is 0.638. The Kier molecular flexibility index (Phi) is 3.61. The van der Waals surface area contributed by atoms with E-state index in [9.17, 15) is 4.79 Å². The second-order valence-corrected chi connectivity index (χ2v) is 7.32. The molecule has 0 saturated carbocycles. The van der Waals surface area contributed by atoms with Crippen LogP contribution < -0.4 is 4.90 Å². The van der Waals surface area contributed by atoms with E-state index in [1.807, 2.05) is 58.0 Å². The smallest absolute Gasteiger partial charge is 0.252 e. The van der Waals surface area contributed by atoms with Crippen molar-refractivity contribution in [2.45, 2.75) is 27.7 Å². The highest BCUT2D eigenvalue weighted by atomic mass is 16.2. The van der Waals surface area contributed by atoms with Crippen molar-refractivity contribution in [3.05, 3.63) is 47.9 Å². The van der Waals surface area contributed by atoms with E-state index in [-0.39, 0.29) is 11.3 Å². The Hall–Kier alpha value is -3.09. The zero-order valence-corrected chi connectivity index (χ0v) is 15.3. The molecule has 132 valence electrons. The first-order valence-electron chi connectivity index (χ1n) is 8.51. The van der Waals surface area contributed by atoms with E-state index in [4.69, 9.17) is 0 Å². The maximum Gasteiger partial charge on any atom is 0.252 e. The Morgan fingerprint density at radius 1 is 1.08 bits per heavy atom. The minimum atomic E-state index is -0.278. The number of nitrogens with zero attached hydrogens (tertiary/aromatic N) is 6. The molecule has 1 aliphatic rings. The fraction of sp³-hybridized carbons (Fsp3) is 0.316. The summed E-state index contributed by atoms with van der Waals surface area (Å²) in [4.78, 5) is 22.9. The Morgan fingerprint density at radius 3 is 2.46 bits per heavy atom. The number of aromatic nitrogens is 5. The third-order valence-corrected chi connectivity index (χ3v) is 4.50. The van der Waals surface area contributed by atoms with Crippen LogP contribution in [0.3, 0.4) is 0 Å². The van der Waals surface area contributed by atoms with Crippen LogP contribution in [0.25, 0.3) is 17.2 Å². The Labute approximate surface area is 151 Å². The number of hydrogen-bond donors (Lipinski definition) is 0. The van der Waals surface area contributed by atoms with Crippen molar-refractivity contribution in [1.29, 1.82) is 0 Å². The zero-order valence-electron chi connectivity index (χ0n) is 15.3. The molecule has 3 aromatic rings. The fourth-order valence-electron chi connectivity index (χ4n) is 3.15. The predicted octanol–water partition coefficient (Wildman–Crippen LogP) is 2.71. The van der Waals surface area contributed by atoms with Crippen molar-refractivity contribution in [3.8, 4) is 17.2 Å². The highest BCUT2D eigenvalue weighted by molar-refractivity contribution is 6.04. The Morgan fingerprint density at radius 2 is 1.81 bits per heavy atom. The number of rotatable bonds is 3. The van der Waals surface area contributed by atoms with E-state index in [1.54, 1.807) is 15.8 Å². The summed E-state index contributed by atoms with van der Waals surface area (Å²) < 4.78 is 1.57. The van der Waals surface area contributed by atoms with Gasteiger partial charge in [0.05, 0.1) is 11.6 Å². The first kappa shape index (κ1) is 16.4. The lowest BCUT2D eigenvalue weighted by Crippen LogP contribution is -2.58. The van der Waals surface area contributed by atoms with Crippen LogP contribution in [0.2, 0.25) is 0 Å². The van der Waals surface area contributed by atoms with Gasteiger partial charge in [-0.1, -0.05) is 17.3 Å². The van der Waals surface area contributed by atoms with E-state index in [0.29, 0.717) is 11.6 Å². The lowest BCUT2D eigenvalue weighted by Gasteiger charge is -2.44. The van der Waals surface area contributed by atoms with E-state index < -0.39 is 0 Å². The first-order chi connectivity index (χ1) is 12.3. The molecule has 2 aromatic heterocycles. The summed E-state index contributed by atoms with van der Waals surface area (Å²) in [6, 6.07) is 9.69. The number of carbonyl (C=O) groups excluding carboxylic acids is 1. The van der Waals surface area contributed by atoms with Gasteiger partial charge < -0.3 is 4.90 Å². The van der Waals surface area contributed by atoms with Crippen molar-refractivity contribution in [2.24, 2.45) is 5.41 Å². The van der Waals surface area contributed by atoms with Crippen LogP contribution in [0.15, 0.2) is 36.5 Å². The Balaban J connectivity index is 1.64. The number of hydrogen-bond acceptors (Lipinski definition) is 5. The molecule has 1 fully saturated rings. The third kappa shape index (κ3) is 2.75. The molecule has 0 spiro atoms. The normalized spacial score (nSPS) is 15.8. The van der Waals surface area contributed by atoms with Crippen LogP contribution >= 0.6 is 0 Å². The lowest BCUT2D eigenvalue weighted by molar-refractivity contribution is -0.132. The second kappa shape index (κ2) is 5.72. The van der Waals surface area contributed by atoms with Crippen LogP contribution in [0.4, 0.5) is 5.69 Å². The molecule has 0 atom stereocenters. The van der Waals surface area contributed by atoms with Gasteiger partial charge in [0, 0.05) is 29.2 Å². The molecule has 0 aliphatic carbocycles.